The molecule has 1 fully saturated rings. The van der Waals surface area contributed by atoms with E-state index in [1.54, 1.807) is 44.2 Å². The van der Waals surface area contributed by atoms with E-state index in [-0.39, 0.29) is 11.3 Å². The van der Waals surface area contributed by atoms with Crippen LogP contribution in [0.2, 0.25) is 0 Å². The number of primary amides is 1. The van der Waals surface area contributed by atoms with Crippen molar-refractivity contribution >= 4 is 41.0 Å². The molecule has 234 valence electrons. The van der Waals surface area contributed by atoms with Gasteiger partial charge in [-0.2, -0.15) is 11.8 Å². The summed E-state index contributed by atoms with van der Waals surface area (Å²) in [6.07, 6.45) is 1.59. The summed E-state index contributed by atoms with van der Waals surface area (Å²) >= 11 is 3.48. The molecule has 0 saturated carbocycles. The van der Waals surface area contributed by atoms with Gasteiger partial charge in [0.1, 0.15) is 17.7 Å². The molecule has 1 aliphatic heterocycles. The Kier molecular flexibility index (Phi) is 10.6. The number of aryl methyl sites for hydroxylation is 1. The molecule has 0 aliphatic carbocycles. The Bertz CT molecular complexity index is 1620. The highest BCUT2D eigenvalue weighted by molar-refractivity contribution is 8.02. The van der Waals surface area contributed by atoms with Crippen LogP contribution in [0, 0.1) is 0 Å². The van der Waals surface area contributed by atoms with Gasteiger partial charge in [-0.25, -0.2) is 0 Å². The van der Waals surface area contributed by atoms with E-state index in [9.17, 15) is 9.59 Å². The number of anilines is 1. The van der Waals surface area contributed by atoms with Crippen LogP contribution in [0.15, 0.2) is 97.1 Å². The molecule has 5 rings (SSSR count). The van der Waals surface area contributed by atoms with E-state index in [2.05, 4.69) is 6.07 Å². The lowest BCUT2D eigenvalue weighted by Crippen LogP contribution is -2.38. The molecule has 2 amide bonds. The van der Waals surface area contributed by atoms with Crippen molar-refractivity contribution in [2.24, 2.45) is 5.73 Å². The van der Waals surface area contributed by atoms with Gasteiger partial charge in [-0.3, -0.25) is 14.5 Å². The van der Waals surface area contributed by atoms with Crippen LogP contribution >= 0.6 is 23.5 Å². The predicted molar refractivity (Wildman–Crippen MR) is 184 cm³/mol. The van der Waals surface area contributed by atoms with Crippen LogP contribution in [0.4, 0.5) is 5.69 Å². The first kappa shape index (κ1) is 32.3. The number of ether oxygens (including phenoxy) is 3. The fourth-order valence-electron chi connectivity index (χ4n) is 5.22. The van der Waals surface area contributed by atoms with Gasteiger partial charge in [-0.1, -0.05) is 54.6 Å². The third-order valence-electron chi connectivity index (χ3n) is 7.81. The molecular weight excluding hydrogens is 605 g/mol. The topological polar surface area (TPSA) is 91.1 Å². The molecule has 7 nitrogen and oxygen atoms in total. The Morgan fingerprint density at radius 3 is 2.36 bits per heavy atom. The molecule has 2 N–H and O–H groups in total. The molecule has 0 radical (unpaired) electrons. The van der Waals surface area contributed by atoms with E-state index in [0.29, 0.717) is 30.0 Å². The molecule has 0 spiro atoms. The number of rotatable bonds is 14. The first-order valence-corrected chi connectivity index (χ1v) is 16.8. The van der Waals surface area contributed by atoms with Crippen molar-refractivity contribution in [3.8, 4) is 17.2 Å². The van der Waals surface area contributed by atoms with Crippen molar-refractivity contribution in [1.29, 1.82) is 0 Å². The van der Waals surface area contributed by atoms with E-state index in [1.165, 1.54) is 5.56 Å². The number of benzene rings is 4. The number of carbonyl (C=O) groups is 2. The maximum Gasteiger partial charge on any atom is 0.248 e. The van der Waals surface area contributed by atoms with Crippen LogP contribution in [-0.4, -0.2) is 42.3 Å². The zero-order valence-electron chi connectivity index (χ0n) is 25.7. The SMILES string of the molecule is COc1ccc(CCSCC[C@@]2(C)S[C@@H](c3ccc(OCc4ccccc4)cc3)N(c3cccc(C(N)=O)c3)C2=O)cc1OC. The second-order valence-electron chi connectivity index (χ2n) is 10.9. The summed E-state index contributed by atoms with van der Waals surface area (Å²) in [4.78, 5) is 28.0. The minimum Gasteiger partial charge on any atom is -0.493 e. The molecule has 0 aromatic heterocycles. The molecule has 9 heteroatoms. The Morgan fingerprint density at radius 1 is 0.889 bits per heavy atom. The van der Waals surface area contributed by atoms with Crippen LogP contribution < -0.4 is 24.8 Å². The van der Waals surface area contributed by atoms with Gasteiger partial charge in [0, 0.05) is 11.3 Å². The summed E-state index contributed by atoms with van der Waals surface area (Å²) in [6, 6.07) is 30.9. The number of hydrogen-bond donors (Lipinski definition) is 1. The van der Waals surface area contributed by atoms with Crippen molar-refractivity contribution in [3.63, 3.8) is 0 Å². The van der Waals surface area contributed by atoms with Crippen molar-refractivity contribution in [2.45, 2.75) is 36.5 Å². The summed E-state index contributed by atoms with van der Waals surface area (Å²) in [5.41, 5.74) is 9.87. The average Bonchev–Trinajstić information content (AvgIpc) is 3.34. The fourth-order valence-corrected chi connectivity index (χ4v) is 8.01. The molecule has 4 aromatic carbocycles. The van der Waals surface area contributed by atoms with Crippen molar-refractivity contribution < 1.29 is 23.8 Å². The lowest BCUT2D eigenvalue weighted by Gasteiger charge is -2.25. The highest BCUT2D eigenvalue weighted by atomic mass is 32.2. The van der Waals surface area contributed by atoms with Gasteiger partial charge in [0.2, 0.25) is 11.8 Å². The first-order valence-electron chi connectivity index (χ1n) is 14.8. The van der Waals surface area contributed by atoms with Gasteiger partial charge < -0.3 is 19.9 Å². The van der Waals surface area contributed by atoms with E-state index >= 15 is 0 Å². The highest BCUT2D eigenvalue weighted by Gasteiger charge is 2.50. The quantitative estimate of drug-likeness (QED) is 0.145. The highest BCUT2D eigenvalue weighted by Crippen LogP contribution is 2.53. The molecule has 0 bridgehead atoms. The Labute approximate surface area is 273 Å². The predicted octanol–water partition coefficient (Wildman–Crippen LogP) is 7.29. The van der Waals surface area contributed by atoms with Crippen LogP contribution in [-0.2, 0) is 17.8 Å². The zero-order chi connectivity index (χ0) is 31.8. The smallest absolute Gasteiger partial charge is 0.248 e. The lowest BCUT2D eigenvalue weighted by atomic mass is 10.0. The molecule has 1 aliphatic rings. The number of nitrogens with two attached hydrogens (primary N) is 1. The minimum absolute atomic E-state index is 0.0176. The van der Waals surface area contributed by atoms with E-state index in [0.717, 1.165) is 40.6 Å². The van der Waals surface area contributed by atoms with Crippen molar-refractivity contribution in [1.82, 2.24) is 0 Å². The number of nitrogens with zero attached hydrogens (tertiary/aromatic N) is 1. The van der Waals surface area contributed by atoms with Crippen LogP contribution in [0.1, 0.15) is 45.8 Å². The Balaban J connectivity index is 1.28. The normalized spacial score (nSPS) is 17.7. The summed E-state index contributed by atoms with van der Waals surface area (Å²) in [5.74, 6) is 3.44. The number of thioether (sulfide) groups is 2. The monoisotopic (exact) mass is 642 g/mol. The van der Waals surface area contributed by atoms with Crippen LogP contribution in [0.5, 0.6) is 17.2 Å². The summed E-state index contributed by atoms with van der Waals surface area (Å²) in [6.45, 7) is 2.50. The second kappa shape index (κ2) is 14.8. The lowest BCUT2D eigenvalue weighted by molar-refractivity contribution is -0.120. The summed E-state index contributed by atoms with van der Waals surface area (Å²) in [5, 5.41) is -0.273. The van der Waals surface area contributed by atoms with Gasteiger partial charge in [0.15, 0.2) is 11.5 Å². The Morgan fingerprint density at radius 2 is 1.64 bits per heavy atom. The third-order valence-corrected chi connectivity index (χ3v) is 10.4. The van der Waals surface area contributed by atoms with Crippen LogP contribution in [0.25, 0.3) is 0 Å². The fraction of sp³-hybridized carbons (Fsp3) is 0.278. The number of carbonyl (C=O) groups excluding carboxylic acids is 2. The number of amides is 2. The molecule has 2 atom stereocenters. The van der Waals surface area contributed by atoms with Crippen molar-refractivity contribution in [2.75, 3.05) is 30.6 Å². The van der Waals surface area contributed by atoms with Gasteiger partial charge in [-0.05, 0) is 90.4 Å². The van der Waals surface area contributed by atoms with Gasteiger partial charge >= 0.3 is 0 Å². The first-order chi connectivity index (χ1) is 21.8. The Hall–Kier alpha value is -4.08. The van der Waals surface area contributed by atoms with Crippen LogP contribution in [0.3, 0.4) is 0 Å². The molecule has 4 aromatic rings. The second-order valence-corrected chi connectivity index (χ2v) is 13.7. The molecular formula is C36H38N2O5S2. The molecule has 45 heavy (non-hydrogen) atoms. The zero-order valence-corrected chi connectivity index (χ0v) is 27.4. The summed E-state index contributed by atoms with van der Waals surface area (Å²) < 4.78 is 16.1. The van der Waals surface area contributed by atoms with E-state index in [4.69, 9.17) is 19.9 Å². The number of hydrogen-bond acceptors (Lipinski definition) is 7. The van der Waals surface area contributed by atoms with Gasteiger partial charge in [-0.15, -0.1) is 11.8 Å². The average molecular weight is 643 g/mol. The molecule has 1 saturated heterocycles. The third kappa shape index (κ3) is 7.78. The molecule has 0 unspecified atom stereocenters. The van der Waals surface area contributed by atoms with Gasteiger partial charge in [0.05, 0.1) is 19.0 Å². The standard InChI is InChI=1S/C36H38N2O5S2/c1-36(19-21-44-20-18-25-12-17-31(41-2)32(22-25)42-3)35(40)38(29-11-7-10-28(23-29)33(37)39)34(45-36)27-13-15-30(16-14-27)43-24-26-8-5-4-6-9-26/h4-17,22-23,34H,18-21,24H2,1-3H3,(H2,37,39)/t34-,36+/m0/s1. The largest absolute Gasteiger partial charge is 0.493 e. The minimum atomic E-state index is -0.647. The number of methoxy groups -OCH3 is 2. The summed E-state index contributed by atoms with van der Waals surface area (Å²) in [7, 11) is 3.27. The maximum absolute atomic E-state index is 14.2. The molecule has 1 heterocycles. The van der Waals surface area contributed by atoms with Gasteiger partial charge in [0.25, 0.3) is 0 Å². The van der Waals surface area contributed by atoms with Crippen molar-refractivity contribution in [3.05, 3.63) is 119 Å². The maximum atomic E-state index is 14.2. The van der Waals surface area contributed by atoms with E-state index < -0.39 is 10.7 Å². The van der Waals surface area contributed by atoms with E-state index in [1.807, 2.05) is 96.4 Å².